The number of quaternary nitrogens is 1. The number of allylic oxidation sites excluding steroid dienone is 1. The Kier molecular flexibility index (Phi) is 12.7. The van der Waals surface area contributed by atoms with Gasteiger partial charge in [0.15, 0.2) is 11.5 Å². The van der Waals surface area contributed by atoms with Crippen LogP contribution in [0.2, 0.25) is 0 Å². The molecule has 2 aromatic rings. The van der Waals surface area contributed by atoms with Crippen LogP contribution in [-0.4, -0.2) is 41.1 Å². The lowest BCUT2D eigenvalue weighted by Crippen LogP contribution is -3.07. The maximum Gasteiger partial charge on any atom is 0.227 e. The van der Waals surface area contributed by atoms with Gasteiger partial charge in [-0.25, -0.2) is 0 Å². The minimum Gasteiger partial charge on any atom is -0.504 e. The minimum absolute atomic E-state index is 0.0844. The second-order valence-corrected chi connectivity index (χ2v) is 14.2. The van der Waals surface area contributed by atoms with E-state index in [1.807, 2.05) is 18.2 Å². The predicted octanol–water partition coefficient (Wildman–Crippen LogP) is 5.92. The van der Waals surface area contributed by atoms with Crippen molar-refractivity contribution in [3.63, 3.8) is 0 Å². The third-order valence-electron chi connectivity index (χ3n) is 10.7. The van der Waals surface area contributed by atoms with E-state index in [9.17, 15) is 15.0 Å². The molecule has 2 heterocycles. The van der Waals surface area contributed by atoms with E-state index in [4.69, 9.17) is 21.2 Å². The van der Waals surface area contributed by atoms with Crippen LogP contribution >= 0.6 is 0 Å². The zero-order chi connectivity index (χ0) is 34.1. The number of fused-ring (bicyclic) bond motifs is 1. The first-order valence-corrected chi connectivity index (χ1v) is 18.4. The largest absolute Gasteiger partial charge is 0.504 e. The number of Topliss-reactive ketones (excluding diaryl/α,β-unsaturated/α-hetero) is 1. The Morgan fingerprint density at radius 2 is 1.77 bits per heavy atom. The van der Waals surface area contributed by atoms with Gasteiger partial charge < -0.3 is 26.4 Å². The van der Waals surface area contributed by atoms with Gasteiger partial charge in [-0.15, -0.1) is 0 Å². The average molecular weight is 658 g/mol. The molecule has 8 heteroatoms. The molecule has 7 N–H and O–H groups in total. The van der Waals surface area contributed by atoms with E-state index in [-0.39, 0.29) is 22.9 Å². The van der Waals surface area contributed by atoms with Crippen molar-refractivity contribution in [1.29, 1.82) is 0 Å². The van der Waals surface area contributed by atoms with E-state index in [0.717, 1.165) is 79.5 Å². The summed E-state index contributed by atoms with van der Waals surface area (Å²) in [5.41, 5.74) is 18.7. The number of phenols is 1. The lowest BCUT2D eigenvalue weighted by Gasteiger charge is -2.32. The number of phenolic OH excluding ortho intramolecular Hbond substituents is 1. The fraction of sp³-hybridized carbons (Fsp3) is 0.550. The maximum absolute atomic E-state index is 13.3. The van der Waals surface area contributed by atoms with Crippen molar-refractivity contribution in [1.82, 2.24) is 0 Å². The van der Waals surface area contributed by atoms with Crippen molar-refractivity contribution in [3.05, 3.63) is 82.7 Å². The molecule has 3 aliphatic rings. The first-order valence-electron chi connectivity index (χ1n) is 18.4. The Bertz CT molecular complexity index is 1490. The van der Waals surface area contributed by atoms with Crippen molar-refractivity contribution in [3.8, 4) is 11.5 Å². The second kappa shape index (κ2) is 16.9. The SMILES string of the molecule is CCCCC[C@@H](O)[C@@H](CCCCC)C(=O)CCc1ccc(O)c(OC[NH+]2C=C3C(C4(c5cccc(C(N)N)c5)CCCC4)=CN=C3C2)c1. The summed E-state index contributed by atoms with van der Waals surface area (Å²) in [5.74, 6) is 0.329. The van der Waals surface area contributed by atoms with Gasteiger partial charge in [-0.1, -0.05) is 95.5 Å². The minimum atomic E-state index is -0.574. The zero-order valence-corrected chi connectivity index (χ0v) is 29.1. The molecule has 1 unspecified atom stereocenters. The molecule has 8 nitrogen and oxygen atoms in total. The second-order valence-electron chi connectivity index (χ2n) is 14.2. The number of carbonyl (C=O) groups excluding carboxylic acids is 1. The Labute approximate surface area is 287 Å². The average Bonchev–Trinajstić information content (AvgIpc) is 3.83. The van der Waals surface area contributed by atoms with Crippen LogP contribution in [0.5, 0.6) is 11.5 Å². The summed E-state index contributed by atoms with van der Waals surface area (Å²) in [7, 11) is 0. The summed E-state index contributed by atoms with van der Waals surface area (Å²) < 4.78 is 6.19. The van der Waals surface area contributed by atoms with Crippen LogP contribution in [0.15, 0.2) is 71.0 Å². The molecular formula is C40H57N4O4+. The van der Waals surface area contributed by atoms with Gasteiger partial charge in [0.05, 0.1) is 17.8 Å². The number of unbranched alkanes of at least 4 members (excludes halogenated alkanes) is 4. The topological polar surface area (TPSA) is 136 Å². The molecule has 0 aromatic heterocycles. The quantitative estimate of drug-likeness (QED) is 0.0941. The molecule has 5 rings (SSSR count). The molecular weight excluding hydrogens is 600 g/mol. The Morgan fingerprint density at radius 1 is 1.02 bits per heavy atom. The summed E-state index contributed by atoms with van der Waals surface area (Å²) in [5, 5.41) is 21.5. The molecule has 0 saturated heterocycles. The molecule has 48 heavy (non-hydrogen) atoms. The predicted molar refractivity (Wildman–Crippen MR) is 192 cm³/mol. The summed E-state index contributed by atoms with van der Waals surface area (Å²) >= 11 is 0. The van der Waals surface area contributed by atoms with Crippen LogP contribution < -0.4 is 21.1 Å². The number of nitrogens with zero attached hydrogens (tertiary/aromatic N) is 1. The molecule has 2 aliphatic heterocycles. The smallest absolute Gasteiger partial charge is 0.227 e. The Morgan fingerprint density at radius 3 is 2.50 bits per heavy atom. The molecule has 0 radical (unpaired) electrons. The van der Waals surface area contributed by atoms with Gasteiger partial charge in [0, 0.05) is 24.0 Å². The van der Waals surface area contributed by atoms with Crippen LogP contribution in [0.3, 0.4) is 0 Å². The monoisotopic (exact) mass is 657 g/mol. The molecule has 1 saturated carbocycles. The van der Waals surface area contributed by atoms with Crippen molar-refractivity contribution in [2.75, 3.05) is 13.3 Å². The van der Waals surface area contributed by atoms with Gasteiger partial charge in [0.2, 0.25) is 6.73 Å². The Hall–Kier alpha value is -3.30. The lowest BCUT2D eigenvalue weighted by molar-refractivity contribution is -0.851. The molecule has 1 aliphatic carbocycles. The molecule has 0 spiro atoms. The van der Waals surface area contributed by atoms with Gasteiger partial charge in [-0.05, 0) is 66.5 Å². The number of nitrogens with two attached hydrogens (primary N) is 2. The number of aromatic hydroxyl groups is 1. The highest BCUT2D eigenvalue weighted by Crippen LogP contribution is 2.50. The third-order valence-corrected chi connectivity index (χ3v) is 10.7. The van der Waals surface area contributed by atoms with Crippen molar-refractivity contribution in [2.45, 2.75) is 121 Å². The highest BCUT2D eigenvalue weighted by atomic mass is 16.5. The number of aliphatic hydroxyl groups excluding tert-OH is 1. The molecule has 0 amide bonds. The number of aliphatic imine (C=N–C) groups is 1. The zero-order valence-electron chi connectivity index (χ0n) is 29.1. The van der Waals surface area contributed by atoms with Crippen molar-refractivity contribution < 1.29 is 24.6 Å². The number of nitrogens with one attached hydrogen (secondary N) is 1. The van der Waals surface area contributed by atoms with Crippen LogP contribution in [0.4, 0.5) is 0 Å². The first-order chi connectivity index (χ1) is 23.3. The highest BCUT2D eigenvalue weighted by Gasteiger charge is 2.45. The number of aryl methyl sites for hydroxylation is 1. The normalized spacial score (nSPS) is 19.5. The summed E-state index contributed by atoms with van der Waals surface area (Å²) in [6, 6.07) is 13.8. The standard InChI is InChI=1S/C40H56N4O4/c1-3-5-7-14-31(35(45)15-8-6-4-2)36(46)18-16-28-17-19-37(47)38(22-28)48-27-44-25-32-33(24-43-34(32)26-44)40(20-9-10-21-40)30-13-11-12-29(23-30)39(41)42/h11-13,17,19,22-25,31,35,39,45,47H,3-10,14-16,18,20-21,26-27,41-42H2,1-2H3/p+1/t31-,35-/m1/s1. The summed E-state index contributed by atoms with van der Waals surface area (Å²) in [6.45, 7) is 5.37. The number of rotatable bonds is 19. The third kappa shape index (κ3) is 8.46. The fourth-order valence-corrected chi connectivity index (χ4v) is 7.86. The van der Waals surface area contributed by atoms with Crippen molar-refractivity contribution >= 4 is 11.5 Å². The van der Waals surface area contributed by atoms with Gasteiger partial charge >= 0.3 is 0 Å². The molecule has 3 atom stereocenters. The van der Waals surface area contributed by atoms with Crippen LogP contribution in [0.25, 0.3) is 0 Å². The summed E-state index contributed by atoms with van der Waals surface area (Å²) in [6.07, 6.45) is 16.3. The van der Waals surface area contributed by atoms with Gasteiger partial charge in [-0.2, -0.15) is 0 Å². The van der Waals surface area contributed by atoms with Gasteiger partial charge in [0.25, 0.3) is 0 Å². The molecule has 1 fully saturated rings. The molecule has 0 bridgehead atoms. The van der Waals surface area contributed by atoms with E-state index in [1.54, 1.807) is 6.07 Å². The number of hydrogen-bond donors (Lipinski definition) is 5. The highest BCUT2D eigenvalue weighted by molar-refractivity contribution is 6.08. The first kappa shape index (κ1) is 36.0. The number of aliphatic hydroxyl groups is 1. The van der Waals surface area contributed by atoms with Gasteiger partial charge in [0.1, 0.15) is 24.2 Å². The number of carbonyl (C=O) groups is 1. The Balaban J connectivity index is 1.21. The van der Waals surface area contributed by atoms with Crippen LogP contribution in [-0.2, 0) is 16.6 Å². The number of benzene rings is 2. The lowest BCUT2D eigenvalue weighted by atomic mass is 9.70. The maximum atomic E-state index is 13.3. The van der Waals surface area contributed by atoms with E-state index < -0.39 is 12.3 Å². The van der Waals surface area contributed by atoms with Gasteiger partial charge in [-0.3, -0.25) is 14.7 Å². The van der Waals surface area contributed by atoms with Crippen LogP contribution in [0, 0.1) is 5.92 Å². The summed E-state index contributed by atoms with van der Waals surface area (Å²) in [4.78, 5) is 19.3. The number of hydrogen-bond acceptors (Lipinski definition) is 7. The number of ketones is 1. The molecule has 260 valence electrons. The van der Waals surface area contributed by atoms with E-state index in [2.05, 4.69) is 44.4 Å². The fourth-order valence-electron chi connectivity index (χ4n) is 7.86. The van der Waals surface area contributed by atoms with E-state index >= 15 is 0 Å². The molecule has 2 aromatic carbocycles. The van der Waals surface area contributed by atoms with E-state index in [1.165, 1.54) is 29.6 Å². The number of ether oxygens (including phenoxy) is 1. The van der Waals surface area contributed by atoms with E-state index in [0.29, 0.717) is 38.3 Å². The van der Waals surface area contributed by atoms with Crippen molar-refractivity contribution in [2.24, 2.45) is 22.4 Å². The van der Waals surface area contributed by atoms with Crippen LogP contribution in [0.1, 0.15) is 120 Å².